The molecule has 1 aromatic carbocycles. The van der Waals surface area contributed by atoms with Crippen molar-refractivity contribution in [3.63, 3.8) is 0 Å². The van der Waals surface area contributed by atoms with Gasteiger partial charge in [0, 0.05) is 13.1 Å². The summed E-state index contributed by atoms with van der Waals surface area (Å²) in [5.74, 6) is 1.44. The Morgan fingerprint density at radius 2 is 1.94 bits per heavy atom. The number of nitrogen functional groups attached to an aromatic ring is 1. The van der Waals surface area contributed by atoms with E-state index in [-0.39, 0.29) is 5.91 Å². The normalized spacial score (nSPS) is 26.4. The molecule has 3 nitrogen and oxygen atoms in total. The van der Waals surface area contributed by atoms with Crippen molar-refractivity contribution in [1.82, 2.24) is 4.90 Å². The number of anilines is 1. The summed E-state index contributed by atoms with van der Waals surface area (Å²) in [5.41, 5.74) is 6.84. The highest BCUT2D eigenvalue weighted by atomic mass is 35.5. The van der Waals surface area contributed by atoms with Crippen LogP contribution >= 0.6 is 11.6 Å². The van der Waals surface area contributed by atoms with Gasteiger partial charge in [-0.1, -0.05) is 24.1 Å². The quantitative estimate of drug-likeness (QED) is 0.793. The Hall–Kier alpha value is -1.22. The van der Waals surface area contributed by atoms with E-state index in [1.54, 1.807) is 18.2 Å². The Morgan fingerprint density at radius 1 is 1.28 bits per heavy atom. The second-order valence-corrected chi connectivity index (χ2v) is 5.77. The first-order valence-corrected chi connectivity index (χ1v) is 6.88. The molecule has 2 aliphatic rings. The van der Waals surface area contributed by atoms with Crippen LogP contribution in [0.3, 0.4) is 0 Å². The van der Waals surface area contributed by atoms with Gasteiger partial charge in [-0.05, 0) is 36.8 Å². The van der Waals surface area contributed by atoms with Crippen molar-refractivity contribution in [2.45, 2.75) is 19.3 Å². The minimum Gasteiger partial charge on any atom is -0.397 e. The zero-order valence-corrected chi connectivity index (χ0v) is 11.0. The zero-order valence-electron chi connectivity index (χ0n) is 10.2. The van der Waals surface area contributed by atoms with Gasteiger partial charge in [0.05, 0.1) is 16.3 Å². The number of fused-ring (bicyclic) bond motifs is 1. The third-order valence-electron chi connectivity index (χ3n) is 4.30. The molecule has 2 N–H and O–H groups in total. The molecule has 1 amide bonds. The first kappa shape index (κ1) is 11.8. The number of nitrogens with two attached hydrogens (primary N) is 1. The Kier molecular flexibility index (Phi) is 2.94. The van der Waals surface area contributed by atoms with Crippen LogP contribution in [0.1, 0.15) is 29.6 Å². The minimum atomic E-state index is 0.0319. The number of carbonyl (C=O) groups excluding carboxylic acids is 1. The third-order valence-corrected chi connectivity index (χ3v) is 4.63. The third kappa shape index (κ3) is 1.87. The fourth-order valence-electron chi connectivity index (χ4n) is 3.29. The van der Waals surface area contributed by atoms with Gasteiger partial charge in [-0.15, -0.1) is 0 Å². The topological polar surface area (TPSA) is 46.3 Å². The maximum atomic E-state index is 12.4. The lowest BCUT2D eigenvalue weighted by atomic mass is 10.0. The summed E-state index contributed by atoms with van der Waals surface area (Å²) >= 11 is 5.96. The van der Waals surface area contributed by atoms with E-state index in [0.29, 0.717) is 28.1 Å². The molecule has 2 unspecified atom stereocenters. The van der Waals surface area contributed by atoms with Crippen molar-refractivity contribution in [3.8, 4) is 0 Å². The molecule has 2 fully saturated rings. The monoisotopic (exact) mass is 264 g/mol. The van der Waals surface area contributed by atoms with E-state index in [9.17, 15) is 4.79 Å². The van der Waals surface area contributed by atoms with E-state index in [1.807, 2.05) is 4.90 Å². The molecule has 1 saturated heterocycles. The summed E-state index contributed by atoms with van der Waals surface area (Å²) < 4.78 is 0. The average Bonchev–Trinajstić information content (AvgIpc) is 2.92. The van der Waals surface area contributed by atoms with Gasteiger partial charge < -0.3 is 10.6 Å². The Bertz CT molecular complexity index is 477. The van der Waals surface area contributed by atoms with E-state index in [4.69, 9.17) is 17.3 Å². The van der Waals surface area contributed by atoms with Crippen LogP contribution in [0.4, 0.5) is 5.69 Å². The van der Waals surface area contributed by atoms with Crippen LogP contribution in [0.25, 0.3) is 0 Å². The van der Waals surface area contributed by atoms with Gasteiger partial charge in [0.2, 0.25) is 0 Å². The minimum absolute atomic E-state index is 0.0319. The number of nitrogens with zero attached hydrogens (tertiary/aromatic N) is 1. The molecule has 18 heavy (non-hydrogen) atoms. The van der Waals surface area contributed by atoms with Crippen LogP contribution in [0.2, 0.25) is 5.02 Å². The van der Waals surface area contributed by atoms with Crippen molar-refractivity contribution >= 4 is 23.2 Å². The van der Waals surface area contributed by atoms with Crippen molar-refractivity contribution in [2.24, 2.45) is 11.8 Å². The fraction of sp³-hybridized carbons (Fsp3) is 0.500. The standard InChI is InChI=1S/C14H17ClN2O/c15-12-6-2-5-11(13(12)16)14(18)17-7-9-3-1-4-10(9)8-17/h2,5-6,9-10H,1,3-4,7-8,16H2. The van der Waals surface area contributed by atoms with Gasteiger partial charge in [0.15, 0.2) is 0 Å². The smallest absolute Gasteiger partial charge is 0.256 e. The molecule has 0 radical (unpaired) electrons. The van der Waals surface area contributed by atoms with Gasteiger partial charge >= 0.3 is 0 Å². The molecule has 0 spiro atoms. The highest BCUT2D eigenvalue weighted by Crippen LogP contribution is 2.38. The van der Waals surface area contributed by atoms with E-state index < -0.39 is 0 Å². The van der Waals surface area contributed by atoms with Crippen molar-refractivity contribution in [3.05, 3.63) is 28.8 Å². The molecule has 3 rings (SSSR count). The van der Waals surface area contributed by atoms with Crippen molar-refractivity contribution in [1.29, 1.82) is 0 Å². The Morgan fingerprint density at radius 3 is 2.61 bits per heavy atom. The lowest BCUT2D eigenvalue weighted by Gasteiger charge is -2.18. The summed E-state index contributed by atoms with van der Waals surface area (Å²) in [7, 11) is 0. The summed E-state index contributed by atoms with van der Waals surface area (Å²) in [5, 5.41) is 0.459. The Labute approximate surface area is 112 Å². The lowest BCUT2D eigenvalue weighted by molar-refractivity contribution is 0.0781. The Balaban J connectivity index is 1.81. The number of rotatable bonds is 1. The number of para-hydroxylation sites is 1. The molecule has 4 heteroatoms. The molecule has 1 heterocycles. The largest absolute Gasteiger partial charge is 0.397 e. The van der Waals surface area contributed by atoms with E-state index in [1.165, 1.54) is 19.3 Å². The zero-order chi connectivity index (χ0) is 12.7. The lowest BCUT2D eigenvalue weighted by Crippen LogP contribution is -2.30. The second kappa shape index (κ2) is 4.47. The fourth-order valence-corrected chi connectivity index (χ4v) is 3.47. The van der Waals surface area contributed by atoms with Gasteiger partial charge in [0.1, 0.15) is 0 Å². The number of likely N-dealkylation sites (tertiary alicyclic amines) is 1. The SMILES string of the molecule is Nc1c(Cl)cccc1C(=O)N1CC2CCCC2C1. The van der Waals surface area contributed by atoms with Gasteiger partial charge in [-0.25, -0.2) is 0 Å². The number of halogens is 1. The number of amides is 1. The molecule has 0 bridgehead atoms. The van der Waals surface area contributed by atoms with Crippen molar-refractivity contribution in [2.75, 3.05) is 18.8 Å². The summed E-state index contributed by atoms with van der Waals surface area (Å²) in [6, 6.07) is 5.26. The van der Waals surface area contributed by atoms with Crippen LogP contribution in [0.5, 0.6) is 0 Å². The van der Waals surface area contributed by atoms with E-state index in [0.717, 1.165) is 13.1 Å². The summed E-state index contributed by atoms with van der Waals surface area (Å²) in [6.07, 6.45) is 3.84. The molecule has 96 valence electrons. The molecule has 1 aliphatic heterocycles. The highest BCUT2D eigenvalue weighted by Gasteiger charge is 2.38. The number of hydrogen-bond acceptors (Lipinski definition) is 2. The van der Waals surface area contributed by atoms with Gasteiger partial charge in [0.25, 0.3) is 5.91 Å². The molecule has 1 saturated carbocycles. The van der Waals surface area contributed by atoms with Crippen molar-refractivity contribution < 1.29 is 4.79 Å². The predicted molar refractivity (Wildman–Crippen MR) is 72.6 cm³/mol. The van der Waals surface area contributed by atoms with Crippen LogP contribution in [-0.4, -0.2) is 23.9 Å². The summed E-state index contributed by atoms with van der Waals surface area (Å²) in [4.78, 5) is 14.4. The van der Waals surface area contributed by atoms with E-state index >= 15 is 0 Å². The molecule has 1 aliphatic carbocycles. The van der Waals surface area contributed by atoms with Gasteiger partial charge in [-0.3, -0.25) is 4.79 Å². The molecular formula is C14H17ClN2O. The molecule has 1 aromatic rings. The van der Waals surface area contributed by atoms with Crippen LogP contribution in [-0.2, 0) is 0 Å². The second-order valence-electron chi connectivity index (χ2n) is 5.36. The summed E-state index contributed by atoms with van der Waals surface area (Å²) in [6.45, 7) is 1.77. The average molecular weight is 265 g/mol. The van der Waals surface area contributed by atoms with Crippen LogP contribution in [0, 0.1) is 11.8 Å². The molecule has 0 aromatic heterocycles. The first-order chi connectivity index (χ1) is 8.66. The molecule has 2 atom stereocenters. The van der Waals surface area contributed by atoms with Gasteiger partial charge in [-0.2, -0.15) is 0 Å². The number of carbonyl (C=O) groups is 1. The predicted octanol–water partition coefficient (Wildman–Crippen LogP) is 2.79. The highest BCUT2D eigenvalue weighted by molar-refractivity contribution is 6.33. The maximum Gasteiger partial charge on any atom is 0.256 e. The molecular weight excluding hydrogens is 248 g/mol. The van der Waals surface area contributed by atoms with E-state index in [2.05, 4.69) is 0 Å². The van der Waals surface area contributed by atoms with Crippen LogP contribution < -0.4 is 5.73 Å². The number of hydrogen-bond donors (Lipinski definition) is 1. The number of benzene rings is 1. The first-order valence-electron chi connectivity index (χ1n) is 6.50. The maximum absolute atomic E-state index is 12.4. The van der Waals surface area contributed by atoms with Crippen LogP contribution in [0.15, 0.2) is 18.2 Å².